The zero-order valence-corrected chi connectivity index (χ0v) is 12.5. The number of aryl methyl sites for hydroxylation is 1. The van der Waals surface area contributed by atoms with Crippen LogP contribution in [0.4, 0.5) is 0 Å². The van der Waals surface area contributed by atoms with E-state index in [-0.39, 0.29) is 11.6 Å². The van der Waals surface area contributed by atoms with Crippen LogP contribution in [0.5, 0.6) is 0 Å². The van der Waals surface area contributed by atoms with Gasteiger partial charge in [-0.25, -0.2) is 10.0 Å². The molecule has 108 valence electrons. The first kappa shape index (κ1) is 15.9. The van der Waals surface area contributed by atoms with E-state index in [1.165, 1.54) is 20.6 Å². The molecule has 1 aromatic carbocycles. The third kappa shape index (κ3) is 3.45. The Hall–Kier alpha value is -2.14. The Balaban J connectivity index is 0.000000956. The predicted molar refractivity (Wildman–Crippen MR) is 77.1 cm³/mol. The van der Waals surface area contributed by atoms with E-state index >= 15 is 0 Å². The molecule has 0 atom stereocenters. The fourth-order valence-electron chi connectivity index (χ4n) is 1.62. The van der Waals surface area contributed by atoms with Crippen molar-refractivity contribution >= 4 is 5.91 Å². The molecule has 0 aliphatic carbocycles. The van der Waals surface area contributed by atoms with Crippen LogP contribution in [0.3, 0.4) is 0 Å². The topological polar surface area (TPSA) is 55.6 Å². The highest BCUT2D eigenvalue weighted by Crippen LogP contribution is 2.24. The largest absolute Gasteiger partial charge is 0.443 e. The van der Waals surface area contributed by atoms with Gasteiger partial charge in [-0.05, 0) is 13.0 Å². The monoisotopic (exact) mass is 276 g/mol. The Kier molecular flexibility index (Phi) is 5.93. The third-order valence-electron chi connectivity index (χ3n) is 2.61. The summed E-state index contributed by atoms with van der Waals surface area (Å²) in [5.41, 5.74) is 2.15. The maximum Gasteiger partial charge on any atom is 0.299 e. The summed E-state index contributed by atoms with van der Waals surface area (Å²) >= 11 is 0. The van der Waals surface area contributed by atoms with Crippen molar-refractivity contribution in [3.63, 3.8) is 0 Å². The normalized spacial score (nSPS) is 9.65. The van der Waals surface area contributed by atoms with Crippen LogP contribution >= 0.6 is 0 Å². The zero-order valence-electron chi connectivity index (χ0n) is 12.5. The van der Waals surface area contributed by atoms with Gasteiger partial charge in [0, 0.05) is 12.6 Å². The summed E-state index contributed by atoms with van der Waals surface area (Å²) in [5.74, 6) is 0.107. The maximum absolute atomic E-state index is 12.0. The lowest BCUT2D eigenvalue weighted by Crippen LogP contribution is -2.26. The van der Waals surface area contributed by atoms with Gasteiger partial charge >= 0.3 is 0 Å². The molecule has 0 aliphatic rings. The maximum atomic E-state index is 12.0. The fraction of sp³-hybridized carbons (Fsp3) is 0.333. The van der Waals surface area contributed by atoms with Gasteiger partial charge in [-0.2, -0.15) is 0 Å². The molecule has 5 nitrogen and oxygen atoms in total. The first-order chi connectivity index (χ1) is 9.63. The quantitative estimate of drug-likeness (QED) is 0.807. The summed E-state index contributed by atoms with van der Waals surface area (Å²) in [6.07, 6.45) is 1.26. The van der Waals surface area contributed by atoms with Gasteiger partial charge in [0.25, 0.3) is 5.91 Å². The minimum Gasteiger partial charge on any atom is -0.443 e. The van der Waals surface area contributed by atoms with Crippen LogP contribution in [-0.4, -0.2) is 30.1 Å². The molecule has 20 heavy (non-hydrogen) atoms. The van der Waals surface area contributed by atoms with Crippen LogP contribution in [-0.2, 0) is 4.84 Å². The molecule has 0 aliphatic heterocycles. The highest BCUT2D eigenvalue weighted by Gasteiger charge is 2.21. The van der Waals surface area contributed by atoms with Crippen LogP contribution in [0.15, 0.2) is 35.1 Å². The second-order valence-electron chi connectivity index (χ2n) is 3.88. The highest BCUT2D eigenvalue weighted by atomic mass is 16.7. The number of hydroxylamine groups is 2. The Morgan fingerprint density at radius 3 is 2.65 bits per heavy atom. The molecule has 1 heterocycles. The lowest BCUT2D eigenvalue weighted by atomic mass is 10.1. The Morgan fingerprint density at radius 1 is 1.35 bits per heavy atom. The molecule has 0 saturated carbocycles. The Morgan fingerprint density at radius 2 is 2.05 bits per heavy atom. The molecule has 0 saturated heterocycles. The Bertz CT molecular complexity index is 564. The average molecular weight is 276 g/mol. The number of hydrogen-bond acceptors (Lipinski definition) is 4. The van der Waals surface area contributed by atoms with Crippen molar-refractivity contribution in [2.75, 3.05) is 14.2 Å². The van der Waals surface area contributed by atoms with E-state index in [1.807, 2.05) is 45.0 Å². The summed E-state index contributed by atoms with van der Waals surface area (Å²) in [6.45, 7) is 5.97. The SMILES string of the molecule is CC.CON(C)C(=O)c1ncoc1-c1cccc(C)c1. The van der Waals surface area contributed by atoms with Gasteiger partial charge in [0.15, 0.2) is 17.8 Å². The van der Waals surface area contributed by atoms with Crippen molar-refractivity contribution in [1.82, 2.24) is 10.0 Å². The lowest BCUT2D eigenvalue weighted by molar-refractivity contribution is -0.0759. The summed E-state index contributed by atoms with van der Waals surface area (Å²) in [6, 6.07) is 7.69. The smallest absolute Gasteiger partial charge is 0.299 e. The van der Waals surface area contributed by atoms with Crippen molar-refractivity contribution in [3.8, 4) is 11.3 Å². The number of amides is 1. The van der Waals surface area contributed by atoms with E-state index in [4.69, 9.17) is 9.25 Å². The number of oxazole rings is 1. The van der Waals surface area contributed by atoms with Crippen LogP contribution < -0.4 is 0 Å². The molecule has 1 aromatic heterocycles. The van der Waals surface area contributed by atoms with Gasteiger partial charge in [0.1, 0.15) is 0 Å². The molecule has 0 unspecified atom stereocenters. The van der Waals surface area contributed by atoms with E-state index in [1.54, 1.807) is 0 Å². The van der Waals surface area contributed by atoms with Crippen molar-refractivity contribution in [3.05, 3.63) is 41.9 Å². The van der Waals surface area contributed by atoms with E-state index in [2.05, 4.69) is 4.98 Å². The summed E-state index contributed by atoms with van der Waals surface area (Å²) < 4.78 is 5.31. The van der Waals surface area contributed by atoms with E-state index < -0.39 is 0 Å². The van der Waals surface area contributed by atoms with Gasteiger partial charge in [-0.3, -0.25) is 9.63 Å². The number of rotatable bonds is 3. The van der Waals surface area contributed by atoms with Crippen molar-refractivity contribution in [1.29, 1.82) is 0 Å². The first-order valence-corrected chi connectivity index (χ1v) is 6.46. The third-order valence-corrected chi connectivity index (χ3v) is 2.61. The van der Waals surface area contributed by atoms with Gasteiger partial charge in [0.05, 0.1) is 7.11 Å². The molecule has 2 rings (SSSR count). The summed E-state index contributed by atoms with van der Waals surface area (Å²) in [4.78, 5) is 20.8. The van der Waals surface area contributed by atoms with Gasteiger partial charge < -0.3 is 4.42 Å². The molecule has 5 heteroatoms. The van der Waals surface area contributed by atoms with Crippen molar-refractivity contribution in [2.45, 2.75) is 20.8 Å². The summed E-state index contributed by atoms with van der Waals surface area (Å²) in [7, 11) is 2.95. The molecule has 0 N–H and O–H groups in total. The molecular weight excluding hydrogens is 256 g/mol. The number of hydrogen-bond donors (Lipinski definition) is 0. The number of benzene rings is 1. The van der Waals surface area contributed by atoms with E-state index in [9.17, 15) is 4.79 Å². The number of carbonyl (C=O) groups excluding carboxylic acids is 1. The van der Waals surface area contributed by atoms with Crippen LogP contribution in [0.1, 0.15) is 29.9 Å². The minimum atomic E-state index is -0.345. The van der Waals surface area contributed by atoms with Gasteiger partial charge in [0.2, 0.25) is 0 Å². The van der Waals surface area contributed by atoms with E-state index in [0.717, 1.165) is 16.2 Å². The molecular formula is C15H20N2O3. The van der Waals surface area contributed by atoms with Crippen molar-refractivity contribution < 1.29 is 14.0 Å². The zero-order chi connectivity index (χ0) is 15.1. The molecule has 0 radical (unpaired) electrons. The van der Waals surface area contributed by atoms with Gasteiger partial charge in [-0.1, -0.05) is 37.6 Å². The fourth-order valence-corrected chi connectivity index (χ4v) is 1.62. The number of carbonyl (C=O) groups is 1. The molecule has 0 bridgehead atoms. The standard InChI is InChI=1S/C13H14N2O3.C2H6/c1-9-5-4-6-10(7-9)12-11(14-8-18-12)13(16)15(2)17-3;1-2/h4-8H,1-3H3;1-2H3. The molecule has 0 spiro atoms. The average Bonchev–Trinajstić information content (AvgIpc) is 2.97. The lowest BCUT2D eigenvalue weighted by Gasteiger charge is -2.12. The second kappa shape index (κ2) is 7.45. The van der Waals surface area contributed by atoms with E-state index in [0.29, 0.717) is 5.76 Å². The minimum absolute atomic E-state index is 0.241. The van der Waals surface area contributed by atoms with Crippen LogP contribution in [0, 0.1) is 6.92 Å². The molecule has 2 aromatic rings. The predicted octanol–water partition coefficient (Wildman–Crippen LogP) is 3.31. The Labute approximate surface area is 119 Å². The summed E-state index contributed by atoms with van der Waals surface area (Å²) in [5, 5.41) is 1.11. The van der Waals surface area contributed by atoms with Crippen LogP contribution in [0.2, 0.25) is 0 Å². The number of aromatic nitrogens is 1. The number of nitrogens with zero attached hydrogens (tertiary/aromatic N) is 2. The molecule has 0 fully saturated rings. The van der Waals surface area contributed by atoms with Gasteiger partial charge in [-0.15, -0.1) is 0 Å². The van der Waals surface area contributed by atoms with Crippen molar-refractivity contribution in [2.24, 2.45) is 0 Å². The highest BCUT2D eigenvalue weighted by molar-refractivity contribution is 5.96. The van der Waals surface area contributed by atoms with Crippen LogP contribution in [0.25, 0.3) is 11.3 Å². The second-order valence-corrected chi connectivity index (χ2v) is 3.88. The first-order valence-electron chi connectivity index (χ1n) is 6.46. The molecule has 1 amide bonds.